The first-order valence-electron chi connectivity index (χ1n) is 12.6. The monoisotopic (exact) mass is 424 g/mol. The molecule has 0 spiro atoms. The van der Waals surface area contributed by atoms with Crippen LogP contribution in [0.25, 0.3) is 21.9 Å². The Kier molecular flexibility index (Phi) is 5.48. The van der Waals surface area contributed by atoms with Crippen molar-refractivity contribution < 1.29 is 4.57 Å². The van der Waals surface area contributed by atoms with Gasteiger partial charge in [0, 0.05) is 6.07 Å². The molecule has 32 heavy (non-hydrogen) atoms. The Balaban J connectivity index is 1.78. The van der Waals surface area contributed by atoms with E-state index in [0.29, 0.717) is 5.92 Å². The van der Waals surface area contributed by atoms with Gasteiger partial charge in [-0.15, -0.1) is 0 Å². The number of aryl methyl sites for hydroxylation is 3. The second-order valence-electron chi connectivity index (χ2n) is 10.9. The van der Waals surface area contributed by atoms with Crippen molar-refractivity contribution in [2.24, 2.45) is 18.9 Å². The third kappa shape index (κ3) is 3.60. The van der Waals surface area contributed by atoms with E-state index in [2.05, 4.69) is 82.8 Å². The van der Waals surface area contributed by atoms with E-state index in [1.165, 1.54) is 82.0 Å². The fourth-order valence-corrected chi connectivity index (χ4v) is 6.26. The van der Waals surface area contributed by atoms with Crippen molar-refractivity contribution in [3.63, 3.8) is 0 Å². The maximum atomic E-state index is 2.56. The predicted octanol–water partition coefficient (Wildman–Crippen LogP) is 7.64. The number of allylic oxidation sites excluding steroid dienone is 1. The zero-order valence-corrected chi connectivity index (χ0v) is 20.8. The molecule has 5 rings (SSSR count). The van der Waals surface area contributed by atoms with Gasteiger partial charge in [0.05, 0.1) is 11.0 Å². The van der Waals surface area contributed by atoms with Gasteiger partial charge in [-0.3, -0.25) is 0 Å². The van der Waals surface area contributed by atoms with Crippen LogP contribution in [-0.4, -0.2) is 0 Å². The largest absolute Gasteiger partial charge is 0.221 e. The first-order chi connectivity index (χ1) is 15.3. The highest BCUT2D eigenvalue weighted by Gasteiger charge is 2.34. The van der Waals surface area contributed by atoms with Gasteiger partial charge >= 0.3 is 0 Å². The first kappa shape index (κ1) is 21.4. The summed E-state index contributed by atoms with van der Waals surface area (Å²) in [6, 6.07) is 12.1. The summed E-state index contributed by atoms with van der Waals surface area (Å²) in [6.45, 7) is 11.5. The van der Waals surface area contributed by atoms with Gasteiger partial charge in [0.1, 0.15) is 7.05 Å². The SMILES string of the molecule is Cc1cc(C)c(C)c(C2=C(CC(C)C)c3cc(CC4CCCC4)cc4cc[n+](C)c2c34)c1. The van der Waals surface area contributed by atoms with E-state index < -0.39 is 0 Å². The van der Waals surface area contributed by atoms with Gasteiger partial charge in [-0.05, 0) is 84.2 Å². The molecule has 0 N–H and O–H groups in total. The van der Waals surface area contributed by atoms with E-state index in [9.17, 15) is 0 Å². The van der Waals surface area contributed by atoms with E-state index in [1.54, 1.807) is 11.1 Å². The zero-order chi connectivity index (χ0) is 22.6. The molecule has 3 aromatic rings. The number of hydrogen-bond donors (Lipinski definition) is 0. The minimum Gasteiger partial charge on any atom is -0.200 e. The number of aromatic nitrogens is 1. The smallest absolute Gasteiger partial charge is 0.200 e. The van der Waals surface area contributed by atoms with Crippen molar-refractivity contribution in [3.8, 4) is 0 Å². The lowest BCUT2D eigenvalue weighted by molar-refractivity contribution is -0.672. The molecule has 0 aliphatic heterocycles. The van der Waals surface area contributed by atoms with Crippen molar-refractivity contribution in [1.82, 2.24) is 0 Å². The number of nitrogens with zero attached hydrogens (tertiary/aromatic N) is 1. The third-order valence-electron chi connectivity index (χ3n) is 7.85. The molecule has 1 heteroatoms. The topological polar surface area (TPSA) is 3.88 Å². The van der Waals surface area contributed by atoms with Gasteiger partial charge in [0.15, 0.2) is 6.20 Å². The number of rotatable bonds is 5. The second kappa shape index (κ2) is 8.18. The Bertz CT molecular complexity index is 1240. The van der Waals surface area contributed by atoms with Crippen molar-refractivity contribution in [3.05, 3.63) is 75.6 Å². The Hall–Kier alpha value is -2.41. The van der Waals surface area contributed by atoms with Gasteiger partial charge in [-0.2, -0.15) is 0 Å². The summed E-state index contributed by atoms with van der Waals surface area (Å²) in [5.74, 6) is 1.50. The molecule has 1 heterocycles. The van der Waals surface area contributed by atoms with Crippen LogP contribution in [0.5, 0.6) is 0 Å². The second-order valence-corrected chi connectivity index (χ2v) is 10.9. The lowest BCUT2D eigenvalue weighted by Gasteiger charge is -2.16. The highest BCUT2D eigenvalue weighted by atomic mass is 14.9. The summed E-state index contributed by atoms with van der Waals surface area (Å²) in [5.41, 5.74) is 13.1. The Morgan fingerprint density at radius 3 is 2.44 bits per heavy atom. The van der Waals surface area contributed by atoms with Gasteiger partial charge in [-0.25, -0.2) is 4.57 Å². The maximum absolute atomic E-state index is 2.56. The molecule has 0 radical (unpaired) electrons. The molecule has 0 atom stereocenters. The molecule has 2 aliphatic rings. The van der Waals surface area contributed by atoms with Crippen LogP contribution in [0.1, 0.15) is 85.0 Å². The third-order valence-corrected chi connectivity index (χ3v) is 7.85. The van der Waals surface area contributed by atoms with Gasteiger partial charge in [-0.1, -0.05) is 69.4 Å². The van der Waals surface area contributed by atoms with Gasteiger partial charge in [0.25, 0.3) is 0 Å². The van der Waals surface area contributed by atoms with Gasteiger partial charge in [0.2, 0.25) is 5.69 Å². The molecular weight excluding hydrogens is 386 g/mol. The van der Waals surface area contributed by atoms with Crippen molar-refractivity contribution in [2.45, 2.75) is 73.1 Å². The minimum atomic E-state index is 0.624. The number of hydrogen-bond acceptors (Lipinski definition) is 0. The predicted molar refractivity (Wildman–Crippen MR) is 137 cm³/mol. The lowest BCUT2D eigenvalue weighted by atomic mass is 9.88. The average molecular weight is 425 g/mol. The van der Waals surface area contributed by atoms with E-state index in [-0.39, 0.29) is 0 Å². The molecule has 0 bridgehead atoms. The number of pyridine rings is 1. The van der Waals surface area contributed by atoms with Crippen LogP contribution < -0.4 is 4.57 Å². The minimum absolute atomic E-state index is 0.624. The summed E-state index contributed by atoms with van der Waals surface area (Å²) >= 11 is 0. The van der Waals surface area contributed by atoms with Crippen LogP contribution in [-0.2, 0) is 13.5 Å². The van der Waals surface area contributed by atoms with E-state index in [4.69, 9.17) is 0 Å². The van der Waals surface area contributed by atoms with Crippen LogP contribution >= 0.6 is 0 Å². The van der Waals surface area contributed by atoms with Crippen LogP contribution in [0.15, 0.2) is 36.5 Å². The summed E-state index contributed by atoms with van der Waals surface area (Å²) in [6.07, 6.45) is 10.3. The summed E-state index contributed by atoms with van der Waals surface area (Å²) in [5, 5.41) is 2.89. The molecular formula is C31H38N+. The normalized spacial score (nSPS) is 16.2. The fourth-order valence-electron chi connectivity index (χ4n) is 6.26. The highest BCUT2D eigenvalue weighted by Crippen LogP contribution is 2.47. The lowest BCUT2D eigenvalue weighted by Crippen LogP contribution is -2.32. The van der Waals surface area contributed by atoms with E-state index >= 15 is 0 Å². The molecule has 0 amide bonds. The van der Waals surface area contributed by atoms with Gasteiger partial charge < -0.3 is 0 Å². The molecule has 1 nitrogen and oxygen atoms in total. The van der Waals surface area contributed by atoms with Crippen molar-refractivity contribution in [1.29, 1.82) is 0 Å². The average Bonchev–Trinajstić information content (AvgIpc) is 3.35. The molecule has 1 saturated carbocycles. The molecule has 2 aliphatic carbocycles. The molecule has 0 unspecified atom stereocenters. The summed E-state index contributed by atoms with van der Waals surface area (Å²) in [4.78, 5) is 0. The fraction of sp³-hybridized carbons (Fsp3) is 0.452. The van der Waals surface area contributed by atoms with Crippen LogP contribution in [0.4, 0.5) is 0 Å². The van der Waals surface area contributed by atoms with Crippen molar-refractivity contribution >= 4 is 21.9 Å². The van der Waals surface area contributed by atoms with Crippen LogP contribution in [0.3, 0.4) is 0 Å². The molecule has 1 aromatic heterocycles. The zero-order valence-electron chi connectivity index (χ0n) is 20.8. The molecule has 2 aromatic carbocycles. The standard InChI is InChI=1S/C31H38N/c1-19(2)13-27-28-18-24(16-23-9-7-8-10-23)17-25-11-12-32(6)31(29(25)28)30(27)26-15-20(3)14-21(4)22(26)5/h11-12,14-15,17-19,23H,7-10,13,16H2,1-6H3/q+1. The molecule has 166 valence electrons. The molecule has 0 saturated heterocycles. The van der Waals surface area contributed by atoms with E-state index in [0.717, 1.165) is 12.3 Å². The Labute approximate surface area is 194 Å². The van der Waals surface area contributed by atoms with Crippen LogP contribution in [0, 0.1) is 32.6 Å². The number of benzene rings is 2. The Morgan fingerprint density at radius 1 is 0.969 bits per heavy atom. The highest BCUT2D eigenvalue weighted by molar-refractivity contribution is 6.16. The molecule has 1 fully saturated rings. The van der Waals surface area contributed by atoms with E-state index in [1.807, 2.05) is 0 Å². The van der Waals surface area contributed by atoms with Crippen molar-refractivity contribution in [2.75, 3.05) is 0 Å². The quantitative estimate of drug-likeness (QED) is 0.370. The maximum Gasteiger partial charge on any atom is 0.221 e. The Morgan fingerprint density at radius 2 is 1.72 bits per heavy atom. The summed E-state index contributed by atoms with van der Waals surface area (Å²) < 4.78 is 2.36. The van der Waals surface area contributed by atoms with Crippen LogP contribution in [0.2, 0.25) is 0 Å². The summed E-state index contributed by atoms with van der Waals surface area (Å²) in [7, 11) is 2.22. The first-order valence-corrected chi connectivity index (χ1v) is 12.6.